The number of anilines is 1. The fourth-order valence-corrected chi connectivity index (χ4v) is 3.03. The Morgan fingerprint density at radius 3 is 2.58 bits per heavy atom. The summed E-state index contributed by atoms with van der Waals surface area (Å²) in [4.78, 5) is 26.4. The summed E-state index contributed by atoms with van der Waals surface area (Å²) in [6.45, 7) is 6.04. The predicted molar refractivity (Wildman–Crippen MR) is 97.0 cm³/mol. The number of rotatable bonds is 6. The predicted octanol–water partition coefficient (Wildman–Crippen LogP) is 2.62. The van der Waals surface area contributed by atoms with E-state index >= 15 is 0 Å². The summed E-state index contributed by atoms with van der Waals surface area (Å²) in [6, 6.07) is 5.83. The molecule has 0 bridgehead atoms. The van der Waals surface area contributed by atoms with Crippen molar-refractivity contribution in [1.82, 2.24) is 10.2 Å². The Kier molecular flexibility index (Phi) is 6.37. The van der Waals surface area contributed by atoms with Gasteiger partial charge in [-0.2, -0.15) is 0 Å². The van der Waals surface area contributed by atoms with Crippen molar-refractivity contribution in [3.8, 4) is 0 Å². The Hall–Kier alpha value is -1.88. The first-order chi connectivity index (χ1) is 11.4. The van der Waals surface area contributed by atoms with E-state index in [0.717, 1.165) is 29.7 Å². The van der Waals surface area contributed by atoms with Crippen molar-refractivity contribution in [2.75, 3.05) is 18.9 Å². The van der Waals surface area contributed by atoms with E-state index in [0.29, 0.717) is 6.04 Å². The minimum absolute atomic E-state index is 0.00364. The third kappa shape index (κ3) is 4.81. The number of hydrogen-bond acceptors (Lipinski definition) is 3. The SMILES string of the molecule is Cc1cccc(NC(=O)CN(C)[C@@H](C)C(=O)NC2CCCC2)c1C. The lowest BCUT2D eigenvalue weighted by Gasteiger charge is -2.25. The minimum atomic E-state index is -0.324. The van der Waals surface area contributed by atoms with Crippen LogP contribution in [0.5, 0.6) is 0 Å². The van der Waals surface area contributed by atoms with Crippen molar-refractivity contribution < 1.29 is 9.59 Å². The van der Waals surface area contributed by atoms with Crippen LogP contribution in [0.1, 0.15) is 43.7 Å². The number of amides is 2. The zero-order valence-electron chi connectivity index (χ0n) is 15.2. The average molecular weight is 331 g/mol. The van der Waals surface area contributed by atoms with E-state index in [4.69, 9.17) is 0 Å². The Morgan fingerprint density at radius 1 is 1.25 bits per heavy atom. The molecule has 0 aromatic heterocycles. The molecule has 0 heterocycles. The standard InChI is InChI=1S/C19H29N3O2/c1-13-8-7-11-17(14(13)2)21-18(23)12-22(4)15(3)19(24)20-16-9-5-6-10-16/h7-8,11,15-16H,5-6,9-10,12H2,1-4H3,(H,20,24)(H,21,23)/t15-/m0/s1. The topological polar surface area (TPSA) is 61.4 Å². The first-order valence-electron chi connectivity index (χ1n) is 8.75. The first kappa shape index (κ1) is 18.5. The van der Waals surface area contributed by atoms with Crippen LogP contribution in [0.3, 0.4) is 0 Å². The van der Waals surface area contributed by atoms with Crippen LogP contribution in [0.2, 0.25) is 0 Å². The second-order valence-corrected chi connectivity index (χ2v) is 6.88. The highest BCUT2D eigenvalue weighted by atomic mass is 16.2. The molecule has 1 aliphatic rings. The molecular weight excluding hydrogens is 302 g/mol. The van der Waals surface area contributed by atoms with Crippen LogP contribution in [0.15, 0.2) is 18.2 Å². The van der Waals surface area contributed by atoms with E-state index in [1.807, 2.05) is 46.0 Å². The maximum absolute atomic E-state index is 12.3. The lowest BCUT2D eigenvalue weighted by molar-refractivity contribution is -0.127. The quantitative estimate of drug-likeness (QED) is 0.842. The largest absolute Gasteiger partial charge is 0.352 e. The van der Waals surface area contributed by atoms with Crippen molar-refractivity contribution in [3.05, 3.63) is 29.3 Å². The van der Waals surface area contributed by atoms with Gasteiger partial charge in [-0.25, -0.2) is 0 Å². The molecule has 5 nitrogen and oxygen atoms in total. The minimum Gasteiger partial charge on any atom is -0.352 e. The van der Waals surface area contributed by atoms with Gasteiger partial charge in [-0.05, 0) is 57.9 Å². The van der Waals surface area contributed by atoms with E-state index in [1.165, 1.54) is 12.8 Å². The molecule has 1 aromatic carbocycles. The lowest BCUT2D eigenvalue weighted by Crippen LogP contribution is -2.48. The van der Waals surface area contributed by atoms with Crippen LogP contribution in [-0.4, -0.2) is 42.4 Å². The van der Waals surface area contributed by atoms with Gasteiger partial charge in [-0.15, -0.1) is 0 Å². The number of carbonyl (C=O) groups excluding carboxylic acids is 2. The van der Waals surface area contributed by atoms with Crippen molar-refractivity contribution in [1.29, 1.82) is 0 Å². The summed E-state index contributed by atoms with van der Waals surface area (Å²) in [5.74, 6) is -0.101. The van der Waals surface area contributed by atoms with E-state index < -0.39 is 0 Å². The van der Waals surface area contributed by atoms with Crippen LogP contribution in [-0.2, 0) is 9.59 Å². The molecule has 0 radical (unpaired) electrons. The first-order valence-corrected chi connectivity index (χ1v) is 8.75. The van der Waals surface area contributed by atoms with Crippen LogP contribution < -0.4 is 10.6 Å². The number of nitrogens with one attached hydrogen (secondary N) is 2. The second-order valence-electron chi connectivity index (χ2n) is 6.88. The van der Waals surface area contributed by atoms with Gasteiger partial charge in [-0.3, -0.25) is 14.5 Å². The molecule has 1 saturated carbocycles. The monoisotopic (exact) mass is 331 g/mol. The third-order valence-electron chi connectivity index (χ3n) is 5.01. The van der Waals surface area contributed by atoms with Crippen LogP contribution >= 0.6 is 0 Å². The maximum Gasteiger partial charge on any atom is 0.238 e. The van der Waals surface area contributed by atoms with E-state index in [1.54, 1.807) is 4.90 Å². The maximum atomic E-state index is 12.3. The van der Waals surface area contributed by atoms with Crippen molar-refractivity contribution in [2.24, 2.45) is 0 Å². The van der Waals surface area contributed by atoms with Gasteiger partial charge in [0.2, 0.25) is 11.8 Å². The molecule has 1 fully saturated rings. The van der Waals surface area contributed by atoms with Gasteiger partial charge in [-0.1, -0.05) is 25.0 Å². The number of aryl methyl sites for hydroxylation is 1. The van der Waals surface area contributed by atoms with Gasteiger partial charge in [0, 0.05) is 11.7 Å². The van der Waals surface area contributed by atoms with Crippen LogP contribution in [0.4, 0.5) is 5.69 Å². The Morgan fingerprint density at radius 2 is 1.92 bits per heavy atom. The molecule has 5 heteroatoms. The summed E-state index contributed by atoms with van der Waals surface area (Å²) in [7, 11) is 1.81. The van der Waals surface area contributed by atoms with E-state index in [-0.39, 0.29) is 24.4 Å². The molecule has 2 rings (SSSR count). The van der Waals surface area contributed by atoms with Gasteiger partial charge in [0.1, 0.15) is 0 Å². The van der Waals surface area contributed by atoms with Crippen molar-refractivity contribution >= 4 is 17.5 Å². The number of benzene rings is 1. The van der Waals surface area contributed by atoms with E-state index in [2.05, 4.69) is 10.6 Å². The fourth-order valence-electron chi connectivity index (χ4n) is 3.03. The summed E-state index contributed by atoms with van der Waals surface area (Å²) >= 11 is 0. The molecule has 132 valence electrons. The highest BCUT2D eigenvalue weighted by molar-refractivity contribution is 5.93. The zero-order chi connectivity index (χ0) is 17.7. The summed E-state index contributed by atoms with van der Waals surface area (Å²) in [5, 5.41) is 6.02. The molecule has 24 heavy (non-hydrogen) atoms. The average Bonchev–Trinajstić information content (AvgIpc) is 3.03. The molecule has 0 unspecified atom stereocenters. The van der Waals surface area contributed by atoms with Gasteiger partial charge in [0.25, 0.3) is 0 Å². The highest BCUT2D eigenvalue weighted by Crippen LogP contribution is 2.19. The van der Waals surface area contributed by atoms with Gasteiger partial charge in [0.15, 0.2) is 0 Å². The number of carbonyl (C=O) groups is 2. The lowest BCUT2D eigenvalue weighted by atomic mass is 10.1. The molecule has 1 aliphatic carbocycles. The second kappa shape index (κ2) is 8.29. The number of nitrogens with zero attached hydrogens (tertiary/aromatic N) is 1. The molecule has 1 aromatic rings. The normalized spacial score (nSPS) is 16.2. The highest BCUT2D eigenvalue weighted by Gasteiger charge is 2.24. The third-order valence-corrected chi connectivity index (χ3v) is 5.01. The molecule has 0 aliphatic heterocycles. The summed E-state index contributed by atoms with van der Waals surface area (Å²) < 4.78 is 0. The number of hydrogen-bond donors (Lipinski definition) is 2. The molecule has 0 spiro atoms. The zero-order valence-corrected chi connectivity index (χ0v) is 15.2. The molecular formula is C19H29N3O2. The summed E-state index contributed by atoms with van der Waals surface area (Å²) in [5.41, 5.74) is 3.04. The van der Waals surface area contributed by atoms with Gasteiger partial charge >= 0.3 is 0 Å². The van der Waals surface area contributed by atoms with Crippen molar-refractivity contribution in [3.63, 3.8) is 0 Å². The molecule has 2 amide bonds. The Balaban J connectivity index is 1.85. The van der Waals surface area contributed by atoms with Gasteiger partial charge < -0.3 is 10.6 Å². The Bertz CT molecular complexity index is 594. The number of likely N-dealkylation sites (N-methyl/N-ethyl adjacent to an activating group) is 1. The van der Waals surface area contributed by atoms with Crippen molar-refractivity contribution in [2.45, 2.75) is 58.5 Å². The molecule has 2 N–H and O–H groups in total. The van der Waals surface area contributed by atoms with Gasteiger partial charge in [0.05, 0.1) is 12.6 Å². The smallest absolute Gasteiger partial charge is 0.238 e. The van der Waals surface area contributed by atoms with Crippen LogP contribution in [0.25, 0.3) is 0 Å². The fraction of sp³-hybridized carbons (Fsp3) is 0.579. The Labute approximate surface area is 144 Å². The molecule has 0 saturated heterocycles. The summed E-state index contributed by atoms with van der Waals surface area (Å²) in [6.07, 6.45) is 4.51. The van der Waals surface area contributed by atoms with Crippen LogP contribution in [0, 0.1) is 13.8 Å². The van der Waals surface area contributed by atoms with E-state index in [9.17, 15) is 9.59 Å². The molecule has 1 atom stereocenters.